The number of aromatic nitrogens is 3. The van der Waals surface area contributed by atoms with Gasteiger partial charge in [-0.05, 0) is 49.2 Å². The SMILES string of the molecule is Cc1cc(OC(C)C(=O)Nc2nnns2)cc(C)c1Cl. The Morgan fingerprint density at radius 3 is 2.60 bits per heavy atom. The van der Waals surface area contributed by atoms with E-state index in [-0.39, 0.29) is 5.91 Å². The van der Waals surface area contributed by atoms with Gasteiger partial charge in [-0.15, -0.1) is 0 Å². The summed E-state index contributed by atoms with van der Waals surface area (Å²) in [6.07, 6.45) is -0.668. The summed E-state index contributed by atoms with van der Waals surface area (Å²) in [6, 6.07) is 3.59. The number of carbonyl (C=O) groups excluding carboxylic acids is 1. The molecule has 2 aromatic rings. The fraction of sp³-hybridized carbons (Fsp3) is 0.333. The molecule has 0 fully saturated rings. The minimum atomic E-state index is -0.668. The Labute approximate surface area is 125 Å². The van der Waals surface area contributed by atoms with Crippen LogP contribution in [0.25, 0.3) is 0 Å². The molecule has 1 aromatic heterocycles. The van der Waals surface area contributed by atoms with Crippen molar-refractivity contribution in [2.45, 2.75) is 26.9 Å². The maximum Gasteiger partial charge on any atom is 0.267 e. The lowest BCUT2D eigenvalue weighted by atomic mass is 10.1. The van der Waals surface area contributed by atoms with Gasteiger partial charge in [-0.3, -0.25) is 10.1 Å². The number of amides is 1. The average Bonchev–Trinajstić information content (AvgIpc) is 2.88. The summed E-state index contributed by atoms with van der Waals surface area (Å²) in [5, 5.41) is 10.7. The van der Waals surface area contributed by atoms with E-state index in [1.807, 2.05) is 13.8 Å². The van der Waals surface area contributed by atoms with Crippen LogP contribution in [0.15, 0.2) is 12.1 Å². The molecule has 0 aliphatic rings. The first-order chi connectivity index (χ1) is 9.47. The van der Waals surface area contributed by atoms with E-state index in [4.69, 9.17) is 16.3 Å². The van der Waals surface area contributed by atoms with E-state index in [0.29, 0.717) is 15.9 Å². The molecule has 0 saturated heterocycles. The predicted octanol–water partition coefficient (Wildman–Crippen LogP) is 2.61. The molecule has 0 saturated carbocycles. The lowest BCUT2D eigenvalue weighted by Gasteiger charge is -2.15. The van der Waals surface area contributed by atoms with Crippen molar-refractivity contribution < 1.29 is 9.53 Å². The van der Waals surface area contributed by atoms with Gasteiger partial charge in [0.1, 0.15) is 5.75 Å². The number of anilines is 1. The van der Waals surface area contributed by atoms with Crippen molar-refractivity contribution >= 4 is 34.2 Å². The Hall–Kier alpha value is -1.73. The van der Waals surface area contributed by atoms with Crippen LogP contribution in [0.5, 0.6) is 5.75 Å². The summed E-state index contributed by atoms with van der Waals surface area (Å²) in [5.41, 5.74) is 1.81. The van der Waals surface area contributed by atoms with Gasteiger partial charge in [0, 0.05) is 16.6 Å². The second-order valence-corrected chi connectivity index (χ2v) is 5.40. The summed E-state index contributed by atoms with van der Waals surface area (Å²) in [4.78, 5) is 11.9. The molecule has 2 rings (SSSR count). The zero-order valence-electron chi connectivity index (χ0n) is 11.2. The van der Waals surface area contributed by atoms with Crippen molar-refractivity contribution in [3.05, 3.63) is 28.3 Å². The molecule has 0 aliphatic heterocycles. The Balaban J connectivity index is 2.04. The molecule has 8 heteroatoms. The lowest BCUT2D eigenvalue weighted by molar-refractivity contribution is -0.122. The van der Waals surface area contributed by atoms with Crippen molar-refractivity contribution in [1.82, 2.24) is 14.8 Å². The summed E-state index contributed by atoms with van der Waals surface area (Å²) in [6.45, 7) is 5.43. The lowest BCUT2D eigenvalue weighted by Crippen LogP contribution is -2.30. The van der Waals surface area contributed by atoms with E-state index in [2.05, 4.69) is 20.1 Å². The van der Waals surface area contributed by atoms with Gasteiger partial charge in [0.05, 0.1) is 0 Å². The number of nitrogens with zero attached hydrogens (tertiary/aromatic N) is 3. The summed E-state index contributed by atoms with van der Waals surface area (Å²) in [7, 11) is 0. The first-order valence-electron chi connectivity index (χ1n) is 5.86. The highest BCUT2D eigenvalue weighted by Gasteiger charge is 2.17. The molecule has 1 atom stereocenters. The standard InChI is InChI=1S/C12H13ClN4O2S/c1-6-4-9(5-7(2)10(6)13)19-8(3)11(18)14-12-15-16-17-20-12/h4-5,8H,1-3H3,(H,14,15,17,18). The third-order valence-electron chi connectivity index (χ3n) is 2.62. The number of hydrogen-bond donors (Lipinski definition) is 1. The van der Waals surface area contributed by atoms with E-state index in [1.54, 1.807) is 19.1 Å². The Bertz CT molecular complexity index is 595. The van der Waals surface area contributed by atoms with Crippen molar-refractivity contribution in [3.63, 3.8) is 0 Å². The number of rotatable bonds is 4. The quantitative estimate of drug-likeness (QED) is 0.939. The van der Waals surface area contributed by atoms with Gasteiger partial charge < -0.3 is 4.74 Å². The topological polar surface area (TPSA) is 77.0 Å². The van der Waals surface area contributed by atoms with Gasteiger partial charge in [-0.2, -0.15) is 0 Å². The van der Waals surface area contributed by atoms with E-state index >= 15 is 0 Å². The molecule has 0 spiro atoms. The molecule has 1 heterocycles. The molecule has 1 aromatic carbocycles. The molecular formula is C12H13ClN4O2S. The van der Waals surface area contributed by atoms with Crippen LogP contribution in [-0.4, -0.2) is 26.8 Å². The highest BCUT2D eigenvalue weighted by molar-refractivity contribution is 7.09. The van der Waals surface area contributed by atoms with Crippen LogP contribution in [0, 0.1) is 13.8 Å². The minimum Gasteiger partial charge on any atom is -0.481 e. The van der Waals surface area contributed by atoms with Crippen molar-refractivity contribution in [3.8, 4) is 5.75 Å². The number of carbonyl (C=O) groups is 1. The van der Waals surface area contributed by atoms with Crippen LogP contribution in [0.1, 0.15) is 18.1 Å². The molecule has 1 N–H and O–H groups in total. The molecule has 0 aliphatic carbocycles. The largest absolute Gasteiger partial charge is 0.481 e. The van der Waals surface area contributed by atoms with Gasteiger partial charge >= 0.3 is 0 Å². The molecule has 6 nitrogen and oxygen atoms in total. The number of aryl methyl sites for hydroxylation is 2. The van der Waals surface area contributed by atoms with Gasteiger partial charge in [0.15, 0.2) is 6.10 Å². The summed E-state index contributed by atoms with van der Waals surface area (Å²) in [5.74, 6) is 0.288. The van der Waals surface area contributed by atoms with Crippen molar-refractivity contribution in [1.29, 1.82) is 0 Å². The van der Waals surface area contributed by atoms with Crippen molar-refractivity contribution in [2.75, 3.05) is 5.32 Å². The van der Waals surface area contributed by atoms with Gasteiger partial charge in [0.2, 0.25) is 5.13 Å². The fourth-order valence-corrected chi connectivity index (χ4v) is 2.10. The first kappa shape index (κ1) is 14.7. The van der Waals surface area contributed by atoms with Crippen LogP contribution in [0.4, 0.5) is 5.13 Å². The maximum absolute atomic E-state index is 11.9. The monoisotopic (exact) mass is 312 g/mol. The normalized spacial score (nSPS) is 12.0. The predicted molar refractivity (Wildman–Crippen MR) is 77.3 cm³/mol. The highest BCUT2D eigenvalue weighted by atomic mass is 35.5. The molecule has 1 amide bonds. The Morgan fingerprint density at radius 2 is 2.05 bits per heavy atom. The second-order valence-electron chi connectivity index (χ2n) is 4.29. The maximum atomic E-state index is 11.9. The number of ether oxygens (including phenoxy) is 1. The van der Waals surface area contributed by atoms with Gasteiger partial charge in [0.25, 0.3) is 5.91 Å². The molecule has 106 valence electrons. The van der Waals surface area contributed by atoms with E-state index in [1.165, 1.54) is 0 Å². The van der Waals surface area contributed by atoms with Crippen LogP contribution in [0.3, 0.4) is 0 Å². The Morgan fingerprint density at radius 1 is 1.40 bits per heavy atom. The van der Waals surface area contributed by atoms with Gasteiger partial charge in [-0.1, -0.05) is 21.2 Å². The summed E-state index contributed by atoms with van der Waals surface area (Å²) >= 11 is 7.09. The zero-order chi connectivity index (χ0) is 14.7. The van der Waals surface area contributed by atoms with Crippen LogP contribution in [0.2, 0.25) is 5.02 Å². The van der Waals surface area contributed by atoms with Gasteiger partial charge in [-0.25, -0.2) is 0 Å². The molecule has 20 heavy (non-hydrogen) atoms. The fourth-order valence-electron chi connectivity index (χ4n) is 1.62. The second kappa shape index (κ2) is 6.15. The summed E-state index contributed by atoms with van der Waals surface area (Å²) < 4.78 is 9.17. The van der Waals surface area contributed by atoms with E-state index in [9.17, 15) is 4.79 Å². The molecule has 1 unspecified atom stereocenters. The number of nitrogens with one attached hydrogen (secondary N) is 1. The Kier molecular flexibility index (Phi) is 4.51. The van der Waals surface area contributed by atoms with Crippen LogP contribution in [-0.2, 0) is 4.79 Å². The van der Waals surface area contributed by atoms with Crippen LogP contribution < -0.4 is 10.1 Å². The van der Waals surface area contributed by atoms with Crippen LogP contribution >= 0.6 is 23.1 Å². The van der Waals surface area contributed by atoms with E-state index < -0.39 is 6.10 Å². The first-order valence-corrected chi connectivity index (χ1v) is 7.02. The number of halogens is 1. The number of hydrogen-bond acceptors (Lipinski definition) is 6. The molecular weight excluding hydrogens is 300 g/mol. The number of benzene rings is 1. The third kappa shape index (κ3) is 3.43. The third-order valence-corrected chi connectivity index (χ3v) is 3.73. The van der Waals surface area contributed by atoms with E-state index in [0.717, 1.165) is 22.7 Å². The molecule has 0 radical (unpaired) electrons. The average molecular weight is 313 g/mol. The highest BCUT2D eigenvalue weighted by Crippen LogP contribution is 2.26. The molecule has 0 bridgehead atoms. The smallest absolute Gasteiger partial charge is 0.267 e. The zero-order valence-corrected chi connectivity index (χ0v) is 12.7. The van der Waals surface area contributed by atoms with Crippen molar-refractivity contribution in [2.24, 2.45) is 0 Å². The minimum absolute atomic E-state index is 0.311.